The summed E-state index contributed by atoms with van der Waals surface area (Å²) in [5.41, 5.74) is 4.16. The van der Waals surface area contributed by atoms with Crippen LogP contribution in [0.4, 0.5) is 10.8 Å². The van der Waals surface area contributed by atoms with E-state index in [0.717, 1.165) is 27.1 Å². The summed E-state index contributed by atoms with van der Waals surface area (Å²) < 4.78 is 0. The highest BCUT2D eigenvalue weighted by Gasteiger charge is 2.11. The second-order valence-electron chi connectivity index (χ2n) is 8.23. The molecule has 0 aliphatic heterocycles. The summed E-state index contributed by atoms with van der Waals surface area (Å²) in [6, 6.07) is 29.4. The van der Waals surface area contributed by atoms with Gasteiger partial charge in [0.1, 0.15) is 0 Å². The van der Waals surface area contributed by atoms with E-state index in [1.165, 1.54) is 28.5 Å². The van der Waals surface area contributed by atoms with Crippen molar-refractivity contribution in [2.75, 3.05) is 16.4 Å². The van der Waals surface area contributed by atoms with Gasteiger partial charge in [-0.2, -0.15) is 0 Å². The molecule has 0 aliphatic rings. The van der Waals surface area contributed by atoms with E-state index in [-0.39, 0.29) is 17.6 Å². The fraction of sp³-hybridized carbons (Fsp3) is 0.0690. The van der Waals surface area contributed by atoms with Crippen LogP contribution in [0.1, 0.15) is 15.9 Å². The smallest absolute Gasteiger partial charge is 0.255 e. The van der Waals surface area contributed by atoms with Crippen molar-refractivity contribution >= 4 is 56.5 Å². The van der Waals surface area contributed by atoms with Gasteiger partial charge >= 0.3 is 0 Å². The minimum absolute atomic E-state index is 0.114. The van der Waals surface area contributed by atoms with E-state index >= 15 is 0 Å². The van der Waals surface area contributed by atoms with Crippen molar-refractivity contribution in [2.45, 2.75) is 11.8 Å². The van der Waals surface area contributed by atoms with E-state index in [9.17, 15) is 9.59 Å². The normalized spacial score (nSPS) is 10.8. The zero-order valence-corrected chi connectivity index (χ0v) is 21.2. The lowest BCUT2D eigenvalue weighted by Gasteiger charge is -2.08. The van der Waals surface area contributed by atoms with E-state index in [2.05, 4.69) is 39.9 Å². The Morgan fingerprint density at radius 3 is 2.42 bits per heavy atom. The Kier molecular flexibility index (Phi) is 7.11. The van der Waals surface area contributed by atoms with Crippen LogP contribution in [0.5, 0.6) is 0 Å². The fourth-order valence-electron chi connectivity index (χ4n) is 3.78. The van der Waals surface area contributed by atoms with Gasteiger partial charge in [0.2, 0.25) is 5.91 Å². The summed E-state index contributed by atoms with van der Waals surface area (Å²) in [6.45, 7) is 1.91. The second-order valence-corrected chi connectivity index (χ2v) is 10.1. The van der Waals surface area contributed by atoms with Crippen molar-refractivity contribution in [3.63, 3.8) is 0 Å². The molecule has 0 bridgehead atoms. The zero-order chi connectivity index (χ0) is 24.9. The molecule has 36 heavy (non-hydrogen) atoms. The molecule has 2 amide bonds. The molecular formula is C29H23N3O2S2. The minimum Gasteiger partial charge on any atom is -0.322 e. The first-order valence-electron chi connectivity index (χ1n) is 11.4. The molecule has 0 radical (unpaired) electrons. The van der Waals surface area contributed by atoms with Crippen molar-refractivity contribution in [3.05, 3.63) is 108 Å². The first-order chi connectivity index (χ1) is 17.5. The molecule has 1 heterocycles. The Balaban J connectivity index is 1.14. The average molecular weight is 510 g/mol. The highest BCUT2D eigenvalue weighted by Crippen LogP contribution is 2.28. The Morgan fingerprint density at radius 2 is 1.61 bits per heavy atom. The first-order valence-corrected chi connectivity index (χ1v) is 13.3. The number of amides is 2. The van der Waals surface area contributed by atoms with Crippen LogP contribution in [-0.4, -0.2) is 22.6 Å². The van der Waals surface area contributed by atoms with Crippen LogP contribution in [0.2, 0.25) is 0 Å². The number of fused-ring (bicyclic) bond motifs is 1. The van der Waals surface area contributed by atoms with Crippen molar-refractivity contribution in [1.29, 1.82) is 0 Å². The van der Waals surface area contributed by atoms with Crippen molar-refractivity contribution in [2.24, 2.45) is 0 Å². The number of hydrogen-bond donors (Lipinski definition) is 2. The molecule has 0 saturated carbocycles. The third-order valence-corrected chi connectivity index (χ3v) is 7.44. The van der Waals surface area contributed by atoms with E-state index in [1.807, 2.05) is 73.0 Å². The number of carbonyl (C=O) groups is 2. The van der Waals surface area contributed by atoms with Crippen LogP contribution in [-0.2, 0) is 4.79 Å². The van der Waals surface area contributed by atoms with Crippen molar-refractivity contribution in [3.8, 4) is 11.3 Å². The molecule has 0 aliphatic carbocycles. The van der Waals surface area contributed by atoms with E-state index in [4.69, 9.17) is 0 Å². The van der Waals surface area contributed by atoms with Crippen LogP contribution in [0, 0.1) is 6.92 Å². The lowest BCUT2D eigenvalue weighted by atomic mass is 10.1. The molecule has 0 atom stereocenters. The molecule has 5 rings (SSSR count). The third kappa shape index (κ3) is 5.64. The monoisotopic (exact) mass is 509 g/mol. The van der Waals surface area contributed by atoms with Crippen LogP contribution in [0.15, 0.2) is 101 Å². The molecule has 0 unspecified atom stereocenters. The Bertz CT molecular complexity index is 1540. The number of anilines is 2. The van der Waals surface area contributed by atoms with E-state index < -0.39 is 0 Å². The van der Waals surface area contributed by atoms with Crippen molar-refractivity contribution in [1.82, 2.24) is 4.98 Å². The molecule has 178 valence electrons. The highest BCUT2D eigenvalue weighted by molar-refractivity contribution is 8.00. The molecule has 0 spiro atoms. The average Bonchev–Trinajstić information content (AvgIpc) is 3.36. The summed E-state index contributed by atoms with van der Waals surface area (Å²) in [5, 5.41) is 10.7. The van der Waals surface area contributed by atoms with Gasteiger partial charge in [0.05, 0.1) is 11.4 Å². The fourth-order valence-corrected chi connectivity index (χ4v) is 5.21. The number of carbonyl (C=O) groups excluding carboxylic acids is 2. The summed E-state index contributed by atoms with van der Waals surface area (Å²) in [7, 11) is 0. The van der Waals surface area contributed by atoms with Gasteiger partial charge in [0.25, 0.3) is 5.91 Å². The number of aromatic nitrogens is 1. The lowest BCUT2D eigenvalue weighted by molar-refractivity contribution is -0.113. The van der Waals surface area contributed by atoms with Crippen LogP contribution >= 0.6 is 23.1 Å². The molecule has 5 nitrogen and oxygen atoms in total. The standard InChI is InChI=1S/C29H23N3O2S2/c1-19-6-2-5-9-25(19)28(34)30-23-12-14-24(15-13-23)35-18-27(33)32-29-31-26(17-36-29)22-11-10-20-7-3-4-8-21(20)16-22/h2-17H,18H2,1H3,(H,30,34)(H,31,32,33). The quantitative estimate of drug-likeness (QED) is 0.227. The summed E-state index contributed by atoms with van der Waals surface area (Å²) in [4.78, 5) is 30.5. The molecule has 2 N–H and O–H groups in total. The number of hydrogen-bond acceptors (Lipinski definition) is 5. The number of thiazole rings is 1. The maximum absolute atomic E-state index is 12.5. The van der Waals surface area contributed by atoms with E-state index in [1.54, 1.807) is 6.07 Å². The zero-order valence-electron chi connectivity index (χ0n) is 19.5. The number of nitrogens with zero attached hydrogens (tertiary/aromatic N) is 1. The molecule has 0 fully saturated rings. The van der Waals surface area contributed by atoms with Crippen LogP contribution in [0.25, 0.3) is 22.0 Å². The molecule has 7 heteroatoms. The van der Waals surface area contributed by atoms with Gasteiger partial charge in [-0.1, -0.05) is 54.6 Å². The highest BCUT2D eigenvalue weighted by atomic mass is 32.2. The number of aryl methyl sites for hydroxylation is 1. The van der Waals surface area contributed by atoms with Crippen LogP contribution < -0.4 is 10.6 Å². The Morgan fingerprint density at radius 1 is 0.861 bits per heavy atom. The minimum atomic E-state index is -0.139. The van der Waals surface area contributed by atoms with Gasteiger partial charge in [-0.05, 0) is 59.7 Å². The van der Waals surface area contributed by atoms with Crippen LogP contribution in [0.3, 0.4) is 0 Å². The SMILES string of the molecule is Cc1ccccc1C(=O)Nc1ccc(SCC(=O)Nc2nc(-c3ccc4ccccc4c3)cs2)cc1. The molecule has 0 saturated heterocycles. The molecule has 4 aromatic carbocycles. The second kappa shape index (κ2) is 10.8. The van der Waals surface area contributed by atoms with Gasteiger partial charge in [-0.3, -0.25) is 9.59 Å². The third-order valence-electron chi connectivity index (χ3n) is 5.67. The van der Waals surface area contributed by atoms with Crippen molar-refractivity contribution < 1.29 is 9.59 Å². The van der Waals surface area contributed by atoms with Gasteiger partial charge < -0.3 is 10.6 Å². The summed E-state index contributed by atoms with van der Waals surface area (Å²) >= 11 is 2.84. The molecule has 5 aromatic rings. The van der Waals surface area contributed by atoms with Gasteiger partial charge in [0.15, 0.2) is 5.13 Å². The lowest BCUT2D eigenvalue weighted by Crippen LogP contribution is -2.14. The van der Waals surface area contributed by atoms with Gasteiger partial charge in [0, 0.05) is 27.1 Å². The van der Waals surface area contributed by atoms with Gasteiger partial charge in [-0.25, -0.2) is 4.98 Å². The maximum Gasteiger partial charge on any atom is 0.255 e. The largest absolute Gasteiger partial charge is 0.322 e. The topological polar surface area (TPSA) is 71.1 Å². The Labute approximate surface area is 217 Å². The molecular weight excluding hydrogens is 486 g/mol. The van der Waals surface area contributed by atoms with E-state index in [0.29, 0.717) is 16.4 Å². The maximum atomic E-state index is 12.5. The summed E-state index contributed by atoms with van der Waals surface area (Å²) in [5.74, 6) is 0.00974. The number of thioether (sulfide) groups is 1. The number of benzene rings is 4. The predicted molar refractivity (Wildman–Crippen MR) is 150 cm³/mol. The number of rotatable bonds is 7. The van der Waals surface area contributed by atoms with Gasteiger partial charge in [-0.15, -0.1) is 23.1 Å². The first kappa shape index (κ1) is 23.8. The number of nitrogens with one attached hydrogen (secondary N) is 2. The summed E-state index contributed by atoms with van der Waals surface area (Å²) in [6.07, 6.45) is 0. The predicted octanol–water partition coefficient (Wildman–Crippen LogP) is 7.25. The Hall–Kier alpha value is -3.94. The molecule has 1 aromatic heterocycles.